The zero-order valence-corrected chi connectivity index (χ0v) is 16.7. The fourth-order valence-electron chi connectivity index (χ4n) is 3.42. The number of hydrogen-bond donors (Lipinski definition) is 1. The first-order valence-corrected chi connectivity index (χ1v) is 9.36. The Hall–Kier alpha value is -2.89. The molecule has 2 amide bonds. The Balaban J connectivity index is 1.74. The van der Waals surface area contributed by atoms with Crippen molar-refractivity contribution in [3.05, 3.63) is 53.1 Å². The molecule has 2 aromatic heterocycles. The second kappa shape index (κ2) is 7.78. The van der Waals surface area contributed by atoms with Crippen molar-refractivity contribution in [3.8, 4) is 0 Å². The Morgan fingerprint density at radius 3 is 2.59 bits per heavy atom. The molecule has 0 spiro atoms. The van der Waals surface area contributed by atoms with Gasteiger partial charge < -0.3 is 14.8 Å². The van der Waals surface area contributed by atoms with Crippen LogP contribution in [0.2, 0.25) is 0 Å². The molecule has 0 atom stereocenters. The molecule has 6 heteroatoms. The van der Waals surface area contributed by atoms with E-state index in [1.807, 2.05) is 44.2 Å². The number of urea groups is 1. The van der Waals surface area contributed by atoms with E-state index in [2.05, 4.69) is 33.7 Å². The van der Waals surface area contributed by atoms with Crippen molar-refractivity contribution in [2.75, 3.05) is 12.4 Å². The van der Waals surface area contributed by atoms with Gasteiger partial charge in [0.1, 0.15) is 5.82 Å². The summed E-state index contributed by atoms with van der Waals surface area (Å²) in [5.74, 6) is 1.06. The third-order valence-corrected chi connectivity index (χ3v) is 4.61. The van der Waals surface area contributed by atoms with E-state index in [1.165, 1.54) is 0 Å². The number of nitrogens with zero attached hydrogens (tertiary/aromatic N) is 4. The van der Waals surface area contributed by atoms with Crippen molar-refractivity contribution in [2.45, 2.75) is 47.2 Å². The predicted octanol–water partition coefficient (Wildman–Crippen LogP) is 4.29. The lowest BCUT2D eigenvalue weighted by Gasteiger charge is -2.18. The zero-order chi connectivity index (χ0) is 19.6. The van der Waals surface area contributed by atoms with Crippen molar-refractivity contribution in [1.82, 2.24) is 19.4 Å². The number of aromatic nitrogens is 3. The highest BCUT2D eigenvalue weighted by atomic mass is 16.2. The van der Waals surface area contributed by atoms with Crippen molar-refractivity contribution in [3.63, 3.8) is 0 Å². The summed E-state index contributed by atoms with van der Waals surface area (Å²) < 4.78 is 2.21. The number of pyridine rings is 1. The van der Waals surface area contributed by atoms with Crippen molar-refractivity contribution in [2.24, 2.45) is 0 Å². The summed E-state index contributed by atoms with van der Waals surface area (Å²) in [6.45, 7) is 9.56. The van der Waals surface area contributed by atoms with Gasteiger partial charge in [0.25, 0.3) is 0 Å². The van der Waals surface area contributed by atoms with Crippen LogP contribution >= 0.6 is 0 Å². The molecule has 6 nitrogen and oxygen atoms in total. The van der Waals surface area contributed by atoms with Gasteiger partial charge in [-0.1, -0.05) is 6.92 Å². The number of hydrogen-bond acceptors (Lipinski definition) is 3. The predicted molar refractivity (Wildman–Crippen MR) is 109 cm³/mol. The topological polar surface area (TPSA) is 63.1 Å². The van der Waals surface area contributed by atoms with Crippen LogP contribution in [0.25, 0.3) is 11.0 Å². The Morgan fingerprint density at radius 2 is 1.93 bits per heavy atom. The van der Waals surface area contributed by atoms with Crippen molar-refractivity contribution >= 4 is 22.8 Å². The van der Waals surface area contributed by atoms with E-state index in [9.17, 15) is 4.79 Å². The minimum Gasteiger partial charge on any atom is -0.328 e. The van der Waals surface area contributed by atoms with E-state index >= 15 is 0 Å². The number of amides is 2. The van der Waals surface area contributed by atoms with Gasteiger partial charge in [-0.25, -0.2) is 9.78 Å². The molecule has 0 aliphatic rings. The Morgan fingerprint density at radius 1 is 1.15 bits per heavy atom. The number of nitrogens with one attached hydrogen (secondary N) is 1. The van der Waals surface area contributed by atoms with Gasteiger partial charge in [-0.05, 0) is 56.7 Å². The fraction of sp³-hybridized carbons (Fsp3) is 0.381. The van der Waals surface area contributed by atoms with E-state index in [0.717, 1.165) is 52.5 Å². The molecule has 1 N–H and O–H groups in total. The van der Waals surface area contributed by atoms with Crippen molar-refractivity contribution in [1.29, 1.82) is 0 Å². The number of anilines is 1. The SMILES string of the molecule is CCc1nc2cc(NC(=O)N(C)Cc3cc(C)cc(C)n3)ccc2n1CC. The maximum absolute atomic E-state index is 12.6. The number of aryl methyl sites for hydroxylation is 4. The number of fused-ring (bicyclic) bond motifs is 1. The monoisotopic (exact) mass is 365 g/mol. The van der Waals surface area contributed by atoms with Gasteiger partial charge in [-0.15, -0.1) is 0 Å². The minimum absolute atomic E-state index is 0.166. The Bertz CT molecular complexity index is 956. The highest BCUT2D eigenvalue weighted by Crippen LogP contribution is 2.21. The molecule has 1 aromatic carbocycles. The van der Waals surface area contributed by atoms with Gasteiger partial charge in [0.2, 0.25) is 0 Å². The average molecular weight is 365 g/mol. The largest absolute Gasteiger partial charge is 0.328 e. The fourth-order valence-corrected chi connectivity index (χ4v) is 3.42. The van der Waals surface area contributed by atoms with Gasteiger partial charge >= 0.3 is 6.03 Å². The molecule has 3 rings (SSSR count). The van der Waals surface area contributed by atoms with E-state index < -0.39 is 0 Å². The molecule has 0 saturated heterocycles. The average Bonchev–Trinajstić information content (AvgIpc) is 2.97. The molecule has 0 unspecified atom stereocenters. The maximum Gasteiger partial charge on any atom is 0.321 e. The molecule has 27 heavy (non-hydrogen) atoms. The smallest absolute Gasteiger partial charge is 0.321 e. The molecule has 3 aromatic rings. The standard InChI is InChI=1S/C21H27N5O/c1-6-20-24-18-12-16(8-9-19(18)26(20)7-2)23-21(27)25(5)13-17-11-14(3)10-15(4)22-17/h8-12H,6-7,13H2,1-5H3,(H,23,27). The number of benzene rings is 1. The molecule has 0 radical (unpaired) electrons. The van der Waals surface area contributed by atoms with Crippen LogP contribution in [-0.2, 0) is 19.5 Å². The molecular formula is C21H27N5O. The van der Waals surface area contributed by atoms with Gasteiger partial charge in [0.15, 0.2) is 0 Å². The van der Waals surface area contributed by atoms with Gasteiger partial charge in [-0.3, -0.25) is 4.98 Å². The van der Waals surface area contributed by atoms with Crippen LogP contribution < -0.4 is 5.32 Å². The molecule has 0 bridgehead atoms. The first kappa shape index (κ1) is 18.9. The van der Waals surface area contributed by atoms with E-state index in [0.29, 0.717) is 6.54 Å². The summed E-state index contributed by atoms with van der Waals surface area (Å²) in [5, 5.41) is 2.96. The zero-order valence-electron chi connectivity index (χ0n) is 16.7. The summed E-state index contributed by atoms with van der Waals surface area (Å²) >= 11 is 0. The number of imidazole rings is 1. The van der Waals surface area contributed by atoms with E-state index in [-0.39, 0.29) is 6.03 Å². The van der Waals surface area contributed by atoms with Gasteiger partial charge in [-0.2, -0.15) is 0 Å². The van der Waals surface area contributed by atoms with Crippen LogP contribution in [0.3, 0.4) is 0 Å². The maximum atomic E-state index is 12.6. The lowest BCUT2D eigenvalue weighted by atomic mass is 10.2. The highest BCUT2D eigenvalue weighted by molar-refractivity contribution is 5.92. The molecule has 0 saturated carbocycles. The summed E-state index contributed by atoms with van der Waals surface area (Å²) in [5.41, 5.74) is 5.74. The lowest BCUT2D eigenvalue weighted by molar-refractivity contribution is 0.220. The Kier molecular flexibility index (Phi) is 5.44. The molecule has 0 aliphatic heterocycles. The summed E-state index contributed by atoms with van der Waals surface area (Å²) in [7, 11) is 1.77. The summed E-state index contributed by atoms with van der Waals surface area (Å²) in [6.07, 6.45) is 0.885. The molecule has 0 fully saturated rings. The number of rotatable bonds is 5. The lowest BCUT2D eigenvalue weighted by Crippen LogP contribution is -2.31. The normalized spacial score (nSPS) is 11.0. The first-order valence-electron chi connectivity index (χ1n) is 9.36. The second-order valence-corrected chi connectivity index (χ2v) is 6.89. The molecule has 2 heterocycles. The second-order valence-electron chi connectivity index (χ2n) is 6.89. The van der Waals surface area contributed by atoms with Crippen LogP contribution in [0.1, 0.15) is 36.6 Å². The highest BCUT2D eigenvalue weighted by Gasteiger charge is 2.13. The molecule has 142 valence electrons. The van der Waals surface area contributed by atoms with E-state index in [4.69, 9.17) is 0 Å². The van der Waals surface area contributed by atoms with Crippen LogP contribution in [0, 0.1) is 13.8 Å². The van der Waals surface area contributed by atoms with Crippen LogP contribution in [0.4, 0.5) is 10.5 Å². The number of carbonyl (C=O) groups excluding carboxylic acids is 1. The molecule has 0 aliphatic carbocycles. The Labute approximate surface area is 160 Å². The minimum atomic E-state index is -0.166. The van der Waals surface area contributed by atoms with Crippen molar-refractivity contribution < 1.29 is 4.79 Å². The van der Waals surface area contributed by atoms with Gasteiger partial charge in [0, 0.05) is 31.4 Å². The number of carbonyl (C=O) groups is 1. The van der Waals surface area contributed by atoms with E-state index in [1.54, 1.807) is 11.9 Å². The van der Waals surface area contributed by atoms with Crippen LogP contribution in [0.5, 0.6) is 0 Å². The van der Waals surface area contributed by atoms with Gasteiger partial charge in [0.05, 0.1) is 23.3 Å². The van der Waals surface area contributed by atoms with Crippen LogP contribution in [0.15, 0.2) is 30.3 Å². The quantitative estimate of drug-likeness (QED) is 0.733. The van der Waals surface area contributed by atoms with Crippen LogP contribution in [-0.4, -0.2) is 32.5 Å². The molecular weight excluding hydrogens is 338 g/mol. The summed E-state index contributed by atoms with van der Waals surface area (Å²) in [4.78, 5) is 23.4. The summed E-state index contributed by atoms with van der Waals surface area (Å²) in [6, 6.07) is 9.75. The third-order valence-electron chi connectivity index (χ3n) is 4.61. The third kappa shape index (κ3) is 4.10. The first-order chi connectivity index (χ1) is 12.9.